The van der Waals surface area contributed by atoms with E-state index in [0.29, 0.717) is 20.8 Å². The Bertz CT molecular complexity index is 586. The molecule has 0 aliphatic rings. The number of hydrogen-bond acceptors (Lipinski definition) is 2. The maximum atomic E-state index is 12.9. The van der Waals surface area contributed by atoms with Gasteiger partial charge in [0.25, 0.3) is 0 Å². The first-order valence-corrected chi connectivity index (χ1v) is 7.35. The van der Waals surface area contributed by atoms with Crippen molar-refractivity contribution in [3.05, 3.63) is 58.3 Å². The summed E-state index contributed by atoms with van der Waals surface area (Å²) in [6.45, 7) is 0. The van der Waals surface area contributed by atoms with Crippen LogP contribution >= 0.6 is 15.9 Å². The second-order valence-corrected chi connectivity index (χ2v) is 6.10. The van der Waals surface area contributed by atoms with E-state index >= 15 is 0 Å². The molecule has 2 nitrogen and oxygen atoms in total. The Balaban J connectivity index is 2.18. The second-order valence-electron chi connectivity index (χ2n) is 3.79. The number of nitrogens with two attached hydrogens (primary N) is 1. The van der Waals surface area contributed by atoms with Crippen molar-refractivity contribution in [3.8, 4) is 0 Å². The average Bonchev–Trinajstić information content (AvgIpc) is 2.33. The van der Waals surface area contributed by atoms with Crippen LogP contribution in [-0.4, -0.2) is 4.21 Å². The Morgan fingerprint density at radius 1 is 1.17 bits per heavy atom. The Hall–Kier alpha value is -1.20. The highest BCUT2D eigenvalue weighted by Gasteiger charge is 2.08. The van der Waals surface area contributed by atoms with E-state index in [2.05, 4.69) is 15.9 Å². The summed E-state index contributed by atoms with van der Waals surface area (Å²) in [5, 5.41) is 0. The van der Waals surface area contributed by atoms with Crippen LogP contribution in [0.25, 0.3) is 0 Å². The molecule has 0 spiro atoms. The van der Waals surface area contributed by atoms with Crippen LogP contribution in [0.3, 0.4) is 0 Å². The maximum absolute atomic E-state index is 12.9. The molecule has 2 aromatic carbocycles. The first-order chi connectivity index (χ1) is 8.56. The second kappa shape index (κ2) is 5.63. The molecule has 0 radical (unpaired) electrons. The van der Waals surface area contributed by atoms with E-state index in [9.17, 15) is 8.60 Å². The van der Waals surface area contributed by atoms with E-state index in [-0.39, 0.29) is 5.82 Å². The molecule has 5 heteroatoms. The van der Waals surface area contributed by atoms with Crippen molar-refractivity contribution >= 4 is 32.4 Å². The van der Waals surface area contributed by atoms with Crippen LogP contribution in [0.4, 0.5) is 10.1 Å². The van der Waals surface area contributed by atoms with Gasteiger partial charge < -0.3 is 5.73 Å². The third-order valence-electron chi connectivity index (χ3n) is 2.44. The minimum Gasteiger partial charge on any atom is -0.399 e. The van der Waals surface area contributed by atoms with Crippen LogP contribution < -0.4 is 5.73 Å². The summed E-state index contributed by atoms with van der Waals surface area (Å²) in [5.41, 5.74) is 7.02. The number of anilines is 1. The van der Waals surface area contributed by atoms with Gasteiger partial charge in [-0.1, -0.05) is 22.0 Å². The third-order valence-corrected chi connectivity index (χ3v) is 4.55. The summed E-state index contributed by atoms with van der Waals surface area (Å²) in [7, 11) is -1.17. The van der Waals surface area contributed by atoms with Gasteiger partial charge >= 0.3 is 0 Å². The molecule has 0 amide bonds. The number of nitrogen functional groups attached to an aromatic ring is 1. The Morgan fingerprint density at radius 3 is 2.44 bits per heavy atom. The topological polar surface area (TPSA) is 43.1 Å². The quantitative estimate of drug-likeness (QED) is 0.877. The molecule has 2 N–H and O–H groups in total. The molecule has 0 bridgehead atoms. The van der Waals surface area contributed by atoms with Crippen LogP contribution in [0.1, 0.15) is 5.56 Å². The molecule has 0 fully saturated rings. The fraction of sp³-hybridized carbons (Fsp3) is 0.0769. The molecule has 0 aliphatic heterocycles. The van der Waals surface area contributed by atoms with Gasteiger partial charge in [0.15, 0.2) is 0 Å². The summed E-state index contributed by atoms with van der Waals surface area (Å²) in [6, 6.07) is 11.3. The average molecular weight is 328 g/mol. The molecule has 0 aliphatic carbocycles. The highest BCUT2D eigenvalue weighted by atomic mass is 79.9. The zero-order valence-corrected chi connectivity index (χ0v) is 11.8. The number of benzene rings is 2. The van der Waals surface area contributed by atoms with Gasteiger partial charge in [-0.15, -0.1) is 0 Å². The highest BCUT2D eigenvalue weighted by molar-refractivity contribution is 9.10. The smallest absolute Gasteiger partial charge is 0.124 e. The normalized spacial score (nSPS) is 12.3. The molecule has 0 aromatic heterocycles. The van der Waals surface area contributed by atoms with Gasteiger partial charge in [0.05, 0.1) is 16.6 Å². The Morgan fingerprint density at radius 2 is 1.83 bits per heavy atom. The predicted molar refractivity (Wildman–Crippen MR) is 75.1 cm³/mol. The fourth-order valence-corrected chi connectivity index (χ4v) is 3.30. The first kappa shape index (κ1) is 13.2. The van der Waals surface area contributed by atoms with Crippen molar-refractivity contribution in [1.29, 1.82) is 0 Å². The zero-order chi connectivity index (χ0) is 13.1. The van der Waals surface area contributed by atoms with E-state index < -0.39 is 10.8 Å². The lowest BCUT2D eigenvalue weighted by Gasteiger charge is -2.05. The van der Waals surface area contributed by atoms with Crippen molar-refractivity contribution in [3.63, 3.8) is 0 Å². The van der Waals surface area contributed by atoms with E-state index in [1.807, 2.05) is 0 Å². The van der Waals surface area contributed by atoms with Gasteiger partial charge in [0, 0.05) is 15.1 Å². The lowest BCUT2D eigenvalue weighted by Crippen LogP contribution is -1.98. The standard InChI is InChI=1S/C13H11BrFNOS/c14-13-7-10(15)2-1-9(13)8-18(17)12-5-3-11(16)4-6-12/h1-7H,8,16H2. The maximum Gasteiger partial charge on any atom is 0.124 e. The van der Waals surface area contributed by atoms with Gasteiger partial charge in [-0.05, 0) is 42.0 Å². The molecule has 1 atom stereocenters. The summed E-state index contributed by atoms with van der Waals surface area (Å²) >= 11 is 3.27. The first-order valence-electron chi connectivity index (χ1n) is 5.24. The van der Waals surface area contributed by atoms with Gasteiger partial charge in [-0.25, -0.2) is 4.39 Å². The lowest BCUT2D eigenvalue weighted by molar-refractivity contribution is 0.626. The summed E-state index contributed by atoms with van der Waals surface area (Å²) in [4.78, 5) is 0.709. The molecule has 2 aromatic rings. The van der Waals surface area contributed by atoms with Gasteiger partial charge in [0.2, 0.25) is 0 Å². The minimum absolute atomic E-state index is 0.316. The molecule has 1 unspecified atom stereocenters. The van der Waals surface area contributed by atoms with E-state index in [0.717, 1.165) is 5.56 Å². The molecule has 0 heterocycles. The molecular formula is C13H11BrFNOS. The Labute approximate surface area is 116 Å². The van der Waals surface area contributed by atoms with Gasteiger partial charge in [-0.2, -0.15) is 0 Å². The van der Waals surface area contributed by atoms with Crippen molar-refractivity contribution < 1.29 is 8.60 Å². The van der Waals surface area contributed by atoms with Gasteiger partial charge in [-0.3, -0.25) is 4.21 Å². The number of rotatable bonds is 3. The molecule has 18 heavy (non-hydrogen) atoms. The predicted octanol–water partition coefficient (Wildman–Crippen LogP) is 3.48. The van der Waals surface area contributed by atoms with Crippen LogP contribution in [0.2, 0.25) is 0 Å². The minimum atomic E-state index is -1.17. The van der Waals surface area contributed by atoms with E-state index in [4.69, 9.17) is 5.73 Å². The molecule has 0 saturated carbocycles. The monoisotopic (exact) mass is 327 g/mol. The molecule has 2 rings (SSSR count). The van der Waals surface area contributed by atoms with Crippen molar-refractivity contribution in [2.45, 2.75) is 10.6 Å². The van der Waals surface area contributed by atoms with Crippen molar-refractivity contribution in [2.75, 3.05) is 5.73 Å². The van der Waals surface area contributed by atoms with Gasteiger partial charge in [0.1, 0.15) is 5.82 Å². The van der Waals surface area contributed by atoms with Crippen molar-refractivity contribution in [1.82, 2.24) is 0 Å². The van der Waals surface area contributed by atoms with Crippen LogP contribution in [0.15, 0.2) is 51.8 Å². The highest BCUT2D eigenvalue weighted by Crippen LogP contribution is 2.22. The molecule has 0 saturated heterocycles. The Kier molecular flexibility index (Phi) is 4.14. The van der Waals surface area contributed by atoms with Crippen LogP contribution in [0, 0.1) is 5.82 Å². The summed E-state index contributed by atoms with van der Waals surface area (Å²) < 4.78 is 25.7. The zero-order valence-electron chi connectivity index (χ0n) is 9.40. The summed E-state index contributed by atoms with van der Waals surface area (Å²) in [6.07, 6.45) is 0. The number of halogens is 2. The van der Waals surface area contributed by atoms with E-state index in [1.165, 1.54) is 12.1 Å². The number of hydrogen-bond donors (Lipinski definition) is 1. The summed E-state index contributed by atoms with van der Waals surface area (Å²) in [5.74, 6) is 0.0222. The largest absolute Gasteiger partial charge is 0.399 e. The molecular weight excluding hydrogens is 317 g/mol. The fourth-order valence-electron chi connectivity index (χ4n) is 1.48. The third kappa shape index (κ3) is 3.17. The molecule has 94 valence electrons. The van der Waals surface area contributed by atoms with Crippen LogP contribution in [0.5, 0.6) is 0 Å². The van der Waals surface area contributed by atoms with Crippen LogP contribution in [-0.2, 0) is 16.6 Å². The van der Waals surface area contributed by atoms with E-state index in [1.54, 1.807) is 30.3 Å². The van der Waals surface area contributed by atoms with Crippen molar-refractivity contribution in [2.24, 2.45) is 0 Å². The SMILES string of the molecule is Nc1ccc(S(=O)Cc2ccc(F)cc2Br)cc1. The lowest BCUT2D eigenvalue weighted by atomic mass is 10.2.